The molecule has 1 aliphatic carbocycles. The van der Waals surface area contributed by atoms with Crippen LogP contribution in [0.2, 0.25) is 0 Å². The van der Waals surface area contributed by atoms with Crippen molar-refractivity contribution in [1.29, 1.82) is 0 Å². The summed E-state index contributed by atoms with van der Waals surface area (Å²) < 4.78 is 0. The van der Waals surface area contributed by atoms with E-state index in [1.165, 1.54) is 154 Å². The summed E-state index contributed by atoms with van der Waals surface area (Å²) in [6.07, 6.45) is 40.9. The summed E-state index contributed by atoms with van der Waals surface area (Å²) in [5, 5.41) is 0. The van der Waals surface area contributed by atoms with Gasteiger partial charge in [-0.05, 0) is 38.5 Å². The molecule has 0 N–H and O–H groups in total. The molecule has 0 radical (unpaired) electrons. The Morgan fingerprint density at radius 2 is 0.828 bits per heavy atom. The minimum atomic E-state index is 1.21. The SMILES string of the molecule is C1=CCCCC1.C=CCCCCCCCCCCCCCCCCCCCCC. The average molecular weight is 405 g/mol. The van der Waals surface area contributed by atoms with Gasteiger partial charge in [0, 0.05) is 0 Å². The molecule has 1 rings (SSSR count). The minimum Gasteiger partial charge on any atom is -0.103 e. The number of unbranched alkanes of at least 4 members (excludes halogenated alkanes) is 19. The molecule has 0 nitrogen and oxygen atoms in total. The highest BCUT2D eigenvalue weighted by molar-refractivity contribution is 4.85. The van der Waals surface area contributed by atoms with Crippen LogP contribution in [0.5, 0.6) is 0 Å². The summed E-state index contributed by atoms with van der Waals surface area (Å²) in [6, 6.07) is 0. The second kappa shape index (κ2) is 27.5. The van der Waals surface area contributed by atoms with Gasteiger partial charge >= 0.3 is 0 Å². The van der Waals surface area contributed by atoms with Gasteiger partial charge < -0.3 is 0 Å². The lowest BCUT2D eigenvalue weighted by Crippen LogP contribution is -1.84. The van der Waals surface area contributed by atoms with Crippen LogP contribution < -0.4 is 0 Å². The van der Waals surface area contributed by atoms with E-state index in [4.69, 9.17) is 0 Å². The molecule has 172 valence electrons. The smallest absolute Gasteiger partial charge is 0.0351 e. The molecule has 0 heteroatoms. The van der Waals surface area contributed by atoms with Crippen molar-refractivity contribution in [1.82, 2.24) is 0 Å². The van der Waals surface area contributed by atoms with Crippen molar-refractivity contribution in [2.75, 3.05) is 0 Å². The van der Waals surface area contributed by atoms with Crippen molar-refractivity contribution in [3.63, 3.8) is 0 Å². The van der Waals surface area contributed by atoms with E-state index in [0.29, 0.717) is 0 Å². The van der Waals surface area contributed by atoms with Crippen LogP contribution in [-0.4, -0.2) is 0 Å². The highest BCUT2D eigenvalue weighted by atomic mass is 14.0. The Kier molecular flexibility index (Phi) is 27.0. The molecule has 0 bridgehead atoms. The van der Waals surface area contributed by atoms with Gasteiger partial charge in [0.05, 0.1) is 0 Å². The summed E-state index contributed by atoms with van der Waals surface area (Å²) >= 11 is 0. The second-order valence-corrected chi connectivity index (χ2v) is 9.20. The number of hydrogen-bond acceptors (Lipinski definition) is 0. The van der Waals surface area contributed by atoms with E-state index < -0.39 is 0 Å². The monoisotopic (exact) mass is 404 g/mol. The highest BCUT2D eigenvalue weighted by Gasteiger charge is 1.95. The van der Waals surface area contributed by atoms with Crippen molar-refractivity contribution >= 4 is 0 Å². The number of rotatable bonds is 20. The van der Waals surface area contributed by atoms with Gasteiger partial charge in [-0.3, -0.25) is 0 Å². The van der Waals surface area contributed by atoms with Crippen LogP contribution in [-0.2, 0) is 0 Å². The van der Waals surface area contributed by atoms with E-state index in [9.17, 15) is 0 Å². The van der Waals surface area contributed by atoms with Crippen molar-refractivity contribution in [3.05, 3.63) is 24.8 Å². The lowest BCUT2D eigenvalue weighted by molar-refractivity contribution is 0.523. The largest absolute Gasteiger partial charge is 0.103 e. The fraction of sp³-hybridized carbons (Fsp3) is 0.862. The molecular formula is C29H56. The molecule has 0 amide bonds. The van der Waals surface area contributed by atoms with Crippen LogP contribution in [0, 0.1) is 0 Å². The van der Waals surface area contributed by atoms with Gasteiger partial charge in [-0.25, -0.2) is 0 Å². The maximum atomic E-state index is 3.78. The summed E-state index contributed by atoms with van der Waals surface area (Å²) in [6.45, 7) is 6.07. The van der Waals surface area contributed by atoms with Gasteiger partial charge in [0.1, 0.15) is 0 Å². The summed E-state index contributed by atoms with van der Waals surface area (Å²) in [7, 11) is 0. The molecule has 0 aliphatic heterocycles. The molecule has 1 aliphatic rings. The maximum absolute atomic E-state index is 3.78. The molecule has 0 heterocycles. The Bertz CT molecular complexity index is 306. The Balaban J connectivity index is 0.00000110. The van der Waals surface area contributed by atoms with Crippen LogP contribution in [0.4, 0.5) is 0 Å². The Labute approximate surface area is 186 Å². The molecule has 0 atom stereocenters. The molecule has 0 saturated heterocycles. The van der Waals surface area contributed by atoms with E-state index in [2.05, 4.69) is 25.7 Å². The zero-order valence-corrected chi connectivity index (χ0v) is 20.4. The molecule has 0 aromatic heterocycles. The van der Waals surface area contributed by atoms with Gasteiger partial charge in [0.2, 0.25) is 0 Å². The molecule has 0 spiro atoms. The first-order valence-electron chi connectivity index (χ1n) is 13.7. The Hall–Kier alpha value is -0.520. The van der Waals surface area contributed by atoms with Gasteiger partial charge in [0.25, 0.3) is 0 Å². The third-order valence-corrected chi connectivity index (χ3v) is 6.17. The third-order valence-electron chi connectivity index (χ3n) is 6.17. The predicted molar refractivity (Wildman–Crippen MR) is 136 cm³/mol. The van der Waals surface area contributed by atoms with Gasteiger partial charge in [-0.2, -0.15) is 0 Å². The van der Waals surface area contributed by atoms with Crippen LogP contribution >= 0.6 is 0 Å². The zero-order chi connectivity index (χ0) is 21.1. The first-order valence-corrected chi connectivity index (χ1v) is 13.7. The first-order chi connectivity index (χ1) is 14.4. The van der Waals surface area contributed by atoms with E-state index >= 15 is 0 Å². The Morgan fingerprint density at radius 1 is 0.517 bits per heavy atom. The predicted octanol–water partition coefficient (Wildman–Crippen LogP) is 11.1. The molecule has 29 heavy (non-hydrogen) atoms. The maximum Gasteiger partial charge on any atom is -0.0351 e. The van der Waals surface area contributed by atoms with E-state index in [1.807, 2.05) is 6.08 Å². The lowest BCUT2D eigenvalue weighted by atomic mass is 10.0. The number of hydrogen-bond donors (Lipinski definition) is 0. The Morgan fingerprint density at radius 3 is 1.07 bits per heavy atom. The number of allylic oxidation sites excluding steroid dienone is 3. The van der Waals surface area contributed by atoms with Gasteiger partial charge in [0.15, 0.2) is 0 Å². The van der Waals surface area contributed by atoms with E-state index in [1.54, 1.807) is 0 Å². The van der Waals surface area contributed by atoms with Gasteiger partial charge in [-0.15, -0.1) is 6.58 Å². The molecule has 0 aromatic rings. The molecule has 0 unspecified atom stereocenters. The van der Waals surface area contributed by atoms with Crippen LogP contribution in [0.25, 0.3) is 0 Å². The topological polar surface area (TPSA) is 0 Å². The quantitative estimate of drug-likeness (QED) is 0.140. The van der Waals surface area contributed by atoms with Crippen LogP contribution in [0.3, 0.4) is 0 Å². The summed E-state index contributed by atoms with van der Waals surface area (Å²) in [4.78, 5) is 0. The van der Waals surface area contributed by atoms with Crippen molar-refractivity contribution in [3.8, 4) is 0 Å². The van der Waals surface area contributed by atoms with Crippen LogP contribution in [0.15, 0.2) is 24.8 Å². The molecule has 0 saturated carbocycles. The fourth-order valence-corrected chi connectivity index (χ4v) is 4.13. The average Bonchev–Trinajstić information content (AvgIpc) is 2.77. The fourth-order valence-electron chi connectivity index (χ4n) is 4.13. The van der Waals surface area contributed by atoms with E-state index in [-0.39, 0.29) is 0 Å². The van der Waals surface area contributed by atoms with E-state index in [0.717, 1.165) is 0 Å². The summed E-state index contributed by atoms with van der Waals surface area (Å²) in [5.41, 5.74) is 0. The lowest BCUT2D eigenvalue weighted by Gasteiger charge is -2.03. The standard InChI is InChI=1S/C23H46.C6H10/c1-3-5-7-9-11-13-15-17-19-21-23-22-20-18-16-14-12-10-8-6-4-2;1-2-4-6-5-3-1/h3H,1,4-23H2,2H3;1-2H,3-6H2. The molecular weight excluding hydrogens is 348 g/mol. The highest BCUT2D eigenvalue weighted by Crippen LogP contribution is 2.14. The van der Waals surface area contributed by atoms with Crippen molar-refractivity contribution in [2.45, 2.75) is 161 Å². The van der Waals surface area contributed by atoms with Crippen molar-refractivity contribution in [2.24, 2.45) is 0 Å². The molecule has 0 fully saturated rings. The summed E-state index contributed by atoms with van der Waals surface area (Å²) in [5.74, 6) is 0. The zero-order valence-electron chi connectivity index (χ0n) is 20.4. The normalized spacial score (nSPS) is 13.1. The van der Waals surface area contributed by atoms with Crippen LogP contribution in [0.1, 0.15) is 161 Å². The third kappa shape index (κ3) is 27.5. The second-order valence-electron chi connectivity index (χ2n) is 9.20. The first kappa shape index (κ1) is 28.5. The molecule has 0 aromatic carbocycles. The van der Waals surface area contributed by atoms with Gasteiger partial charge in [-0.1, -0.05) is 141 Å². The minimum absolute atomic E-state index is 1.21. The van der Waals surface area contributed by atoms with Crippen molar-refractivity contribution < 1.29 is 0 Å².